The monoisotopic (exact) mass is 447 g/mol. The van der Waals surface area contributed by atoms with E-state index in [2.05, 4.69) is 0 Å². The van der Waals surface area contributed by atoms with Crippen molar-refractivity contribution in [3.8, 4) is 0 Å². The predicted octanol–water partition coefficient (Wildman–Crippen LogP) is 3.78. The summed E-state index contributed by atoms with van der Waals surface area (Å²) in [5.41, 5.74) is 1.35. The zero-order valence-corrected chi connectivity index (χ0v) is 18.3. The zero-order valence-electron chi connectivity index (χ0n) is 16.8. The fourth-order valence-corrected chi connectivity index (χ4v) is 3.62. The van der Waals surface area contributed by atoms with Crippen LogP contribution in [0.1, 0.15) is 24.4 Å². The lowest BCUT2D eigenvalue weighted by Crippen LogP contribution is -2.42. The van der Waals surface area contributed by atoms with Gasteiger partial charge in [-0.15, -0.1) is 0 Å². The number of alkyl halides is 2. The van der Waals surface area contributed by atoms with E-state index in [0.29, 0.717) is 29.9 Å². The van der Waals surface area contributed by atoms with Crippen molar-refractivity contribution < 1.29 is 9.53 Å². The van der Waals surface area contributed by atoms with Gasteiger partial charge in [0.25, 0.3) is 11.5 Å². The van der Waals surface area contributed by atoms with E-state index in [-0.39, 0.29) is 12.1 Å². The Morgan fingerprint density at radius 1 is 1.13 bits per heavy atom. The third-order valence-electron chi connectivity index (χ3n) is 4.92. The van der Waals surface area contributed by atoms with Gasteiger partial charge >= 0.3 is 0 Å². The highest BCUT2D eigenvalue weighted by molar-refractivity contribution is 6.53. The molecule has 0 radical (unpaired) electrons. The lowest BCUT2D eigenvalue weighted by Gasteiger charge is -2.30. The summed E-state index contributed by atoms with van der Waals surface area (Å²) in [5.74, 6) is -0.00228. The highest BCUT2D eigenvalue weighted by Crippen LogP contribution is 2.23. The molecule has 1 amide bonds. The number of para-hydroxylation sites is 1. The van der Waals surface area contributed by atoms with Crippen molar-refractivity contribution in [3.05, 3.63) is 76.3 Å². The van der Waals surface area contributed by atoms with Crippen LogP contribution in [-0.4, -0.2) is 45.5 Å². The number of fused-ring (bicyclic) bond motifs is 1. The van der Waals surface area contributed by atoms with E-state index in [1.165, 1.54) is 4.90 Å². The second-order valence-electron chi connectivity index (χ2n) is 6.87. The van der Waals surface area contributed by atoms with Crippen molar-refractivity contribution in [2.24, 2.45) is 0 Å². The number of carbonyl (C=O) groups is 1. The van der Waals surface area contributed by atoms with Crippen molar-refractivity contribution in [2.45, 2.75) is 24.3 Å². The molecule has 0 aliphatic rings. The summed E-state index contributed by atoms with van der Waals surface area (Å²) in [6, 6.07) is 16.3. The molecule has 1 atom stereocenters. The summed E-state index contributed by atoms with van der Waals surface area (Å²) in [6.45, 7) is 2.70. The van der Waals surface area contributed by atoms with E-state index in [9.17, 15) is 9.59 Å². The van der Waals surface area contributed by atoms with Gasteiger partial charge in [-0.3, -0.25) is 14.2 Å². The first-order chi connectivity index (χ1) is 14.4. The summed E-state index contributed by atoms with van der Waals surface area (Å²) in [7, 11) is 1.55. The van der Waals surface area contributed by atoms with Gasteiger partial charge in [0, 0.05) is 13.7 Å². The topological polar surface area (TPSA) is 64.4 Å². The molecule has 1 heterocycles. The van der Waals surface area contributed by atoms with Gasteiger partial charge in [0.2, 0.25) is 0 Å². The van der Waals surface area contributed by atoms with Crippen molar-refractivity contribution in [1.82, 2.24) is 14.5 Å². The molecule has 0 fully saturated rings. The molecule has 6 nitrogen and oxygen atoms in total. The minimum absolute atomic E-state index is 0.168. The number of methoxy groups -OCH3 is 1. The smallest absolute Gasteiger partial charge is 0.261 e. The Hall–Kier alpha value is -2.41. The minimum atomic E-state index is -1.22. The summed E-state index contributed by atoms with van der Waals surface area (Å²) >= 11 is 11.7. The molecule has 0 spiro atoms. The number of rotatable bonds is 8. The highest BCUT2D eigenvalue weighted by atomic mass is 35.5. The van der Waals surface area contributed by atoms with E-state index in [1.807, 2.05) is 43.3 Å². The number of halogens is 2. The number of hydrogen-bond acceptors (Lipinski definition) is 4. The molecule has 0 aliphatic carbocycles. The largest absolute Gasteiger partial charge is 0.383 e. The third kappa shape index (κ3) is 4.83. The quantitative estimate of drug-likeness (QED) is 0.492. The summed E-state index contributed by atoms with van der Waals surface area (Å²) in [4.78, 5) is 31.0. The van der Waals surface area contributed by atoms with E-state index in [0.717, 1.165) is 5.56 Å². The Balaban J connectivity index is 2.15. The van der Waals surface area contributed by atoms with Gasteiger partial charge in [0.1, 0.15) is 5.82 Å². The van der Waals surface area contributed by atoms with Gasteiger partial charge in [-0.1, -0.05) is 65.7 Å². The Kier molecular flexibility index (Phi) is 7.48. The number of benzene rings is 2. The van der Waals surface area contributed by atoms with Crippen LogP contribution in [0.2, 0.25) is 0 Å². The number of hydrogen-bond donors (Lipinski definition) is 0. The average Bonchev–Trinajstić information content (AvgIpc) is 2.76. The first-order valence-corrected chi connectivity index (χ1v) is 10.4. The number of amides is 1. The van der Waals surface area contributed by atoms with Gasteiger partial charge in [0.15, 0.2) is 4.84 Å². The fraction of sp³-hybridized carbons (Fsp3) is 0.318. The van der Waals surface area contributed by atoms with Crippen LogP contribution < -0.4 is 5.56 Å². The van der Waals surface area contributed by atoms with Crippen LogP contribution in [0.4, 0.5) is 0 Å². The summed E-state index contributed by atoms with van der Waals surface area (Å²) < 4.78 is 6.74. The Morgan fingerprint density at radius 3 is 2.47 bits per heavy atom. The van der Waals surface area contributed by atoms with Crippen molar-refractivity contribution in [2.75, 3.05) is 20.3 Å². The fourth-order valence-electron chi connectivity index (χ4n) is 3.37. The highest BCUT2D eigenvalue weighted by Gasteiger charge is 2.29. The molecule has 0 saturated heterocycles. The second-order valence-corrected chi connectivity index (χ2v) is 7.96. The van der Waals surface area contributed by atoms with E-state index in [4.69, 9.17) is 32.9 Å². The SMILES string of the molecule is COCCN(C(=O)C(Cl)Cl)C(C)c1nc2ccccc2c(=O)n1Cc1ccccc1. The molecular formula is C22H23Cl2N3O3. The van der Waals surface area contributed by atoms with Crippen LogP contribution in [0, 0.1) is 0 Å². The van der Waals surface area contributed by atoms with Crippen LogP contribution in [0.5, 0.6) is 0 Å². The van der Waals surface area contributed by atoms with Crippen molar-refractivity contribution >= 4 is 40.0 Å². The molecular weight excluding hydrogens is 425 g/mol. The Bertz CT molecular complexity index is 1070. The molecule has 158 valence electrons. The van der Waals surface area contributed by atoms with Crippen LogP contribution in [-0.2, 0) is 16.1 Å². The molecule has 8 heteroatoms. The predicted molar refractivity (Wildman–Crippen MR) is 119 cm³/mol. The van der Waals surface area contributed by atoms with Crippen LogP contribution >= 0.6 is 23.2 Å². The van der Waals surface area contributed by atoms with Gasteiger partial charge < -0.3 is 9.64 Å². The molecule has 0 saturated carbocycles. The first kappa shape index (κ1) is 22.3. The summed E-state index contributed by atoms with van der Waals surface area (Å²) in [5, 5.41) is 0.520. The molecule has 3 rings (SSSR count). The van der Waals surface area contributed by atoms with Crippen LogP contribution in [0.25, 0.3) is 10.9 Å². The van der Waals surface area contributed by atoms with Crippen LogP contribution in [0.3, 0.4) is 0 Å². The Labute approximate surface area is 185 Å². The molecule has 1 unspecified atom stereocenters. The van der Waals surface area contributed by atoms with Crippen LogP contribution in [0.15, 0.2) is 59.4 Å². The van der Waals surface area contributed by atoms with Gasteiger partial charge in [0.05, 0.1) is 30.1 Å². The van der Waals surface area contributed by atoms with Gasteiger partial charge in [-0.25, -0.2) is 4.98 Å². The van der Waals surface area contributed by atoms with E-state index < -0.39 is 16.8 Å². The number of nitrogens with zero attached hydrogens (tertiary/aromatic N) is 3. The van der Waals surface area contributed by atoms with Crippen molar-refractivity contribution in [3.63, 3.8) is 0 Å². The molecule has 2 aromatic carbocycles. The van der Waals surface area contributed by atoms with Crippen molar-refractivity contribution in [1.29, 1.82) is 0 Å². The summed E-state index contributed by atoms with van der Waals surface area (Å²) in [6.07, 6.45) is 0. The van der Waals surface area contributed by atoms with Gasteiger partial charge in [-0.2, -0.15) is 0 Å². The molecule has 0 N–H and O–H groups in total. The second kappa shape index (κ2) is 10.1. The average molecular weight is 448 g/mol. The lowest BCUT2D eigenvalue weighted by molar-refractivity contribution is -0.132. The standard InChI is InChI=1S/C22H23Cl2N3O3/c1-15(26(12-13-30-2)22(29)19(23)24)20-25-18-11-7-6-10-17(18)21(28)27(20)14-16-8-4-3-5-9-16/h3-11,15,19H,12-14H2,1-2H3. The zero-order chi connectivity index (χ0) is 21.7. The van der Waals surface area contributed by atoms with E-state index >= 15 is 0 Å². The molecule has 3 aromatic rings. The molecule has 0 bridgehead atoms. The maximum Gasteiger partial charge on any atom is 0.261 e. The lowest BCUT2D eigenvalue weighted by atomic mass is 10.1. The number of carbonyl (C=O) groups excluding carboxylic acids is 1. The van der Waals surface area contributed by atoms with Gasteiger partial charge in [-0.05, 0) is 24.6 Å². The maximum atomic E-state index is 13.3. The maximum absolute atomic E-state index is 13.3. The first-order valence-electron chi connectivity index (χ1n) is 9.55. The number of ether oxygens (including phenoxy) is 1. The van der Waals surface area contributed by atoms with E-state index in [1.54, 1.807) is 29.9 Å². The third-order valence-corrected chi connectivity index (χ3v) is 5.30. The number of aromatic nitrogens is 2. The molecule has 0 aliphatic heterocycles. The normalized spacial score (nSPS) is 12.3. The minimum Gasteiger partial charge on any atom is -0.383 e. The Morgan fingerprint density at radius 2 is 1.80 bits per heavy atom. The molecule has 30 heavy (non-hydrogen) atoms. The molecule has 1 aromatic heterocycles.